The number of rotatable bonds is 6. The van der Waals surface area contributed by atoms with Gasteiger partial charge in [0.05, 0.1) is 0 Å². The van der Waals surface area contributed by atoms with E-state index in [2.05, 4.69) is 51.3 Å². The summed E-state index contributed by atoms with van der Waals surface area (Å²) >= 11 is 0. The molecule has 0 spiro atoms. The van der Waals surface area contributed by atoms with E-state index in [0.717, 1.165) is 23.8 Å². The largest absolute Gasteiger partial charge is 0.356 e. The van der Waals surface area contributed by atoms with Gasteiger partial charge in [0.25, 0.3) is 0 Å². The van der Waals surface area contributed by atoms with Gasteiger partial charge in [-0.2, -0.15) is 0 Å². The van der Waals surface area contributed by atoms with Gasteiger partial charge < -0.3 is 16.0 Å². The van der Waals surface area contributed by atoms with Crippen LogP contribution < -0.4 is 16.0 Å². The summed E-state index contributed by atoms with van der Waals surface area (Å²) in [5, 5.41) is 9.61. The summed E-state index contributed by atoms with van der Waals surface area (Å²) in [6.07, 6.45) is 2.42. The van der Waals surface area contributed by atoms with E-state index in [1.807, 2.05) is 24.3 Å². The lowest BCUT2D eigenvalue weighted by molar-refractivity contribution is -0.114. The highest BCUT2D eigenvalue weighted by Crippen LogP contribution is 2.47. The van der Waals surface area contributed by atoms with Crippen LogP contribution in [0.2, 0.25) is 0 Å². The molecule has 0 unspecified atom stereocenters. The van der Waals surface area contributed by atoms with Crippen LogP contribution in [0.25, 0.3) is 0 Å². The predicted octanol–water partition coefficient (Wildman–Crippen LogP) is 3.04. The first-order valence-corrected chi connectivity index (χ1v) is 8.98. The van der Waals surface area contributed by atoms with E-state index in [1.165, 1.54) is 25.3 Å². The molecule has 5 heteroatoms. The van der Waals surface area contributed by atoms with Crippen molar-refractivity contribution in [2.75, 3.05) is 18.9 Å². The molecule has 1 aliphatic carbocycles. The first kappa shape index (κ1) is 18.0. The summed E-state index contributed by atoms with van der Waals surface area (Å²) in [5.74, 6) is 0.723. The number of hydrogen-bond acceptors (Lipinski definition) is 2. The van der Waals surface area contributed by atoms with Crippen molar-refractivity contribution in [3.05, 3.63) is 65.7 Å². The number of benzene rings is 2. The molecule has 0 aromatic heterocycles. The Balaban J connectivity index is 1.54. The van der Waals surface area contributed by atoms with Crippen molar-refractivity contribution in [1.82, 2.24) is 10.6 Å². The number of nitrogens with one attached hydrogen (secondary N) is 3. The van der Waals surface area contributed by atoms with Crippen molar-refractivity contribution < 1.29 is 4.79 Å². The Hall–Kier alpha value is -2.82. The molecule has 136 valence electrons. The van der Waals surface area contributed by atoms with Gasteiger partial charge in [-0.15, -0.1) is 0 Å². The van der Waals surface area contributed by atoms with Crippen LogP contribution in [-0.2, 0) is 16.8 Å². The van der Waals surface area contributed by atoms with E-state index >= 15 is 0 Å². The number of hydrogen-bond donors (Lipinski definition) is 3. The number of carbonyl (C=O) groups is 1. The molecule has 1 aliphatic rings. The molecule has 0 heterocycles. The normalized spacial score (nSPS) is 15.2. The smallest absolute Gasteiger partial charge is 0.221 e. The summed E-state index contributed by atoms with van der Waals surface area (Å²) in [5.41, 5.74) is 3.53. The molecular formula is C21H26N4O. The van der Waals surface area contributed by atoms with Crippen LogP contribution in [0.3, 0.4) is 0 Å². The Labute approximate surface area is 154 Å². The minimum absolute atomic E-state index is 0.0665. The highest BCUT2D eigenvalue weighted by molar-refractivity contribution is 5.88. The molecule has 1 fully saturated rings. The van der Waals surface area contributed by atoms with Crippen LogP contribution in [0.4, 0.5) is 5.69 Å². The van der Waals surface area contributed by atoms with E-state index < -0.39 is 0 Å². The molecule has 0 atom stereocenters. The molecule has 2 aromatic rings. The van der Waals surface area contributed by atoms with Gasteiger partial charge >= 0.3 is 0 Å². The van der Waals surface area contributed by atoms with Crippen LogP contribution in [0, 0.1) is 0 Å². The predicted molar refractivity (Wildman–Crippen MR) is 106 cm³/mol. The van der Waals surface area contributed by atoms with Gasteiger partial charge in [-0.1, -0.05) is 42.5 Å². The van der Waals surface area contributed by atoms with Crippen molar-refractivity contribution >= 4 is 17.6 Å². The Morgan fingerprint density at radius 2 is 1.85 bits per heavy atom. The molecule has 3 rings (SSSR count). The molecular weight excluding hydrogens is 324 g/mol. The minimum atomic E-state index is -0.0665. The molecule has 3 N–H and O–H groups in total. The van der Waals surface area contributed by atoms with Crippen LogP contribution in [0.15, 0.2) is 59.6 Å². The summed E-state index contributed by atoms with van der Waals surface area (Å²) in [6.45, 7) is 3.03. The van der Waals surface area contributed by atoms with Gasteiger partial charge in [0, 0.05) is 38.2 Å². The molecule has 26 heavy (non-hydrogen) atoms. The molecule has 1 amide bonds. The third kappa shape index (κ3) is 4.63. The van der Waals surface area contributed by atoms with E-state index in [0.29, 0.717) is 6.54 Å². The standard InChI is InChI=1S/C21H26N4O/c1-16(26)25-19-10-6-7-17(13-19)14-23-20(22-2)24-15-21(11-12-21)18-8-4-3-5-9-18/h3-10,13H,11-12,14-15H2,1-2H3,(H,25,26)(H2,22,23,24). The fourth-order valence-corrected chi connectivity index (χ4v) is 3.13. The number of amides is 1. The van der Waals surface area contributed by atoms with Gasteiger partial charge in [-0.05, 0) is 36.1 Å². The number of guanidine groups is 1. The lowest BCUT2D eigenvalue weighted by atomic mass is 9.96. The van der Waals surface area contributed by atoms with E-state index in [9.17, 15) is 4.79 Å². The second-order valence-electron chi connectivity index (χ2n) is 6.81. The zero-order chi connectivity index (χ0) is 18.4. The zero-order valence-electron chi connectivity index (χ0n) is 15.4. The van der Waals surface area contributed by atoms with Gasteiger partial charge in [-0.25, -0.2) is 0 Å². The Morgan fingerprint density at radius 1 is 1.08 bits per heavy atom. The highest BCUT2D eigenvalue weighted by atomic mass is 16.1. The Morgan fingerprint density at radius 3 is 2.50 bits per heavy atom. The van der Waals surface area contributed by atoms with Gasteiger partial charge in [-0.3, -0.25) is 9.79 Å². The van der Waals surface area contributed by atoms with Crippen molar-refractivity contribution in [3.8, 4) is 0 Å². The summed E-state index contributed by atoms with van der Waals surface area (Å²) in [6, 6.07) is 18.5. The van der Waals surface area contributed by atoms with Crippen molar-refractivity contribution in [2.45, 2.75) is 31.7 Å². The average Bonchev–Trinajstić information content (AvgIpc) is 3.44. The van der Waals surface area contributed by atoms with Crippen LogP contribution in [0.1, 0.15) is 30.9 Å². The molecule has 0 aliphatic heterocycles. The number of anilines is 1. The lowest BCUT2D eigenvalue weighted by Gasteiger charge is -2.19. The first-order valence-electron chi connectivity index (χ1n) is 8.98. The van der Waals surface area contributed by atoms with Crippen molar-refractivity contribution in [1.29, 1.82) is 0 Å². The quantitative estimate of drug-likeness (QED) is 0.554. The zero-order valence-corrected chi connectivity index (χ0v) is 15.4. The maximum atomic E-state index is 11.2. The van der Waals surface area contributed by atoms with E-state index in [-0.39, 0.29) is 11.3 Å². The Bertz CT molecular complexity index is 782. The average molecular weight is 350 g/mol. The highest BCUT2D eigenvalue weighted by Gasteiger charge is 2.43. The van der Waals surface area contributed by atoms with Crippen LogP contribution in [0.5, 0.6) is 0 Å². The van der Waals surface area contributed by atoms with E-state index in [1.54, 1.807) is 7.05 Å². The van der Waals surface area contributed by atoms with Crippen LogP contribution >= 0.6 is 0 Å². The molecule has 0 bridgehead atoms. The second kappa shape index (κ2) is 8.04. The fourth-order valence-electron chi connectivity index (χ4n) is 3.13. The summed E-state index contributed by atoms with van der Waals surface area (Å²) < 4.78 is 0. The maximum absolute atomic E-state index is 11.2. The molecule has 5 nitrogen and oxygen atoms in total. The summed E-state index contributed by atoms with van der Waals surface area (Å²) in [4.78, 5) is 15.5. The van der Waals surface area contributed by atoms with Crippen LogP contribution in [-0.4, -0.2) is 25.5 Å². The third-order valence-corrected chi connectivity index (χ3v) is 4.76. The number of aliphatic imine (C=N–C) groups is 1. The molecule has 0 saturated heterocycles. The lowest BCUT2D eigenvalue weighted by Crippen LogP contribution is -2.40. The number of nitrogens with zero attached hydrogens (tertiary/aromatic N) is 1. The summed E-state index contributed by atoms with van der Waals surface area (Å²) in [7, 11) is 1.78. The molecule has 2 aromatic carbocycles. The number of carbonyl (C=O) groups excluding carboxylic acids is 1. The van der Waals surface area contributed by atoms with E-state index in [4.69, 9.17) is 0 Å². The van der Waals surface area contributed by atoms with Gasteiger partial charge in [0.15, 0.2) is 5.96 Å². The van der Waals surface area contributed by atoms with Crippen molar-refractivity contribution in [3.63, 3.8) is 0 Å². The molecule has 0 radical (unpaired) electrons. The SMILES string of the molecule is CN=C(NCc1cccc(NC(C)=O)c1)NCC1(c2ccccc2)CC1. The van der Waals surface area contributed by atoms with Crippen molar-refractivity contribution in [2.24, 2.45) is 4.99 Å². The maximum Gasteiger partial charge on any atom is 0.221 e. The second-order valence-corrected chi connectivity index (χ2v) is 6.81. The molecule has 1 saturated carbocycles. The minimum Gasteiger partial charge on any atom is -0.356 e. The topological polar surface area (TPSA) is 65.5 Å². The third-order valence-electron chi connectivity index (χ3n) is 4.76. The van der Waals surface area contributed by atoms with Gasteiger partial charge in [0.1, 0.15) is 0 Å². The fraction of sp³-hybridized carbons (Fsp3) is 0.333. The Kier molecular flexibility index (Phi) is 5.56. The monoisotopic (exact) mass is 350 g/mol. The van der Waals surface area contributed by atoms with Gasteiger partial charge in [0.2, 0.25) is 5.91 Å². The first-order chi connectivity index (χ1) is 12.6.